The molecule has 1 aromatic carbocycles. The van der Waals surface area contributed by atoms with E-state index in [2.05, 4.69) is 10.3 Å². The predicted octanol–water partition coefficient (Wildman–Crippen LogP) is 3.17. The van der Waals surface area contributed by atoms with Gasteiger partial charge in [0.1, 0.15) is 11.4 Å². The molecule has 0 radical (unpaired) electrons. The summed E-state index contributed by atoms with van der Waals surface area (Å²) in [7, 11) is 1.63. The SMILES string of the molecule is COc1ccc2[nH]c(C(=O)NCc3cccs3)cc2c1. The average Bonchev–Trinajstić information content (AvgIpc) is 3.12. The van der Waals surface area contributed by atoms with Gasteiger partial charge in [-0.05, 0) is 35.7 Å². The molecular weight excluding hydrogens is 272 g/mol. The Balaban J connectivity index is 1.77. The predicted molar refractivity (Wildman–Crippen MR) is 80.3 cm³/mol. The Labute approximate surface area is 120 Å². The minimum atomic E-state index is -0.103. The summed E-state index contributed by atoms with van der Waals surface area (Å²) in [5.74, 6) is 0.676. The number of methoxy groups -OCH3 is 1. The molecule has 0 aliphatic rings. The molecule has 0 atom stereocenters. The highest BCUT2D eigenvalue weighted by molar-refractivity contribution is 7.09. The van der Waals surface area contributed by atoms with Crippen LogP contribution in [0.5, 0.6) is 5.75 Å². The first kappa shape index (κ1) is 12.7. The van der Waals surface area contributed by atoms with Gasteiger partial charge in [0.25, 0.3) is 5.91 Å². The molecule has 3 aromatic rings. The minimum absolute atomic E-state index is 0.103. The summed E-state index contributed by atoms with van der Waals surface area (Å²) < 4.78 is 5.18. The summed E-state index contributed by atoms with van der Waals surface area (Å²) >= 11 is 1.63. The van der Waals surface area contributed by atoms with E-state index in [0.29, 0.717) is 12.2 Å². The molecule has 102 valence electrons. The number of rotatable bonds is 4. The summed E-state index contributed by atoms with van der Waals surface area (Å²) in [6.07, 6.45) is 0. The van der Waals surface area contributed by atoms with Crippen LogP contribution in [0.3, 0.4) is 0 Å². The second kappa shape index (κ2) is 5.38. The Morgan fingerprint density at radius 2 is 2.25 bits per heavy atom. The Hall–Kier alpha value is -2.27. The van der Waals surface area contributed by atoms with E-state index < -0.39 is 0 Å². The van der Waals surface area contributed by atoms with Gasteiger partial charge in [-0.1, -0.05) is 6.07 Å². The van der Waals surface area contributed by atoms with Crippen LogP contribution in [-0.4, -0.2) is 18.0 Å². The van der Waals surface area contributed by atoms with Crippen molar-refractivity contribution >= 4 is 28.1 Å². The van der Waals surface area contributed by atoms with Crippen LogP contribution in [0.4, 0.5) is 0 Å². The number of hydrogen-bond donors (Lipinski definition) is 2. The quantitative estimate of drug-likeness (QED) is 0.774. The maximum atomic E-state index is 12.1. The van der Waals surface area contributed by atoms with Crippen LogP contribution in [0.25, 0.3) is 10.9 Å². The highest BCUT2D eigenvalue weighted by atomic mass is 32.1. The third-order valence-electron chi connectivity index (χ3n) is 3.08. The second-order valence-electron chi connectivity index (χ2n) is 4.40. The molecule has 5 heteroatoms. The minimum Gasteiger partial charge on any atom is -0.497 e. The van der Waals surface area contributed by atoms with Crippen molar-refractivity contribution in [3.63, 3.8) is 0 Å². The third-order valence-corrected chi connectivity index (χ3v) is 3.95. The van der Waals surface area contributed by atoms with Crippen LogP contribution in [0.1, 0.15) is 15.4 Å². The number of benzene rings is 1. The third kappa shape index (κ3) is 2.53. The van der Waals surface area contributed by atoms with Gasteiger partial charge in [-0.3, -0.25) is 4.79 Å². The monoisotopic (exact) mass is 286 g/mol. The Bertz CT molecular complexity index is 732. The lowest BCUT2D eigenvalue weighted by Crippen LogP contribution is -2.22. The van der Waals surface area contributed by atoms with Gasteiger partial charge in [-0.2, -0.15) is 0 Å². The number of thiophene rings is 1. The fourth-order valence-corrected chi connectivity index (χ4v) is 2.68. The van der Waals surface area contributed by atoms with Crippen molar-refractivity contribution in [1.82, 2.24) is 10.3 Å². The average molecular weight is 286 g/mol. The van der Waals surface area contributed by atoms with E-state index in [1.54, 1.807) is 18.4 Å². The number of carbonyl (C=O) groups is 1. The largest absolute Gasteiger partial charge is 0.497 e. The van der Waals surface area contributed by atoms with Crippen molar-refractivity contribution in [2.24, 2.45) is 0 Å². The van der Waals surface area contributed by atoms with Crippen LogP contribution in [-0.2, 0) is 6.54 Å². The molecule has 0 aliphatic heterocycles. The molecule has 0 saturated carbocycles. The number of fused-ring (bicyclic) bond motifs is 1. The maximum absolute atomic E-state index is 12.1. The lowest BCUT2D eigenvalue weighted by molar-refractivity contribution is 0.0947. The molecule has 2 aromatic heterocycles. The Morgan fingerprint density at radius 1 is 1.35 bits per heavy atom. The maximum Gasteiger partial charge on any atom is 0.268 e. The molecule has 0 saturated heterocycles. The van der Waals surface area contributed by atoms with E-state index in [1.165, 1.54) is 0 Å². The van der Waals surface area contributed by atoms with Gasteiger partial charge in [0.15, 0.2) is 0 Å². The second-order valence-corrected chi connectivity index (χ2v) is 5.43. The van der Waals surface area contributed by atoms with E-state index in [1.807, 2.05) is 41.8 Å². The molecule has 2 N–H and O–H groups in total. The highest BCUT2D eigenvalue weighted by Crippen LogP contribution is 2.21. The van der Waals surface area contributed by atoms with E-state index in [9.17, 15) is 4.79 Å². The molecule has 0 aliphatic carbocycles. The number of carbonyl (C=O) groups excluding carboxylic acids is 1. The fourth-order valence-electron chi connectivity index (χ4n) is 2.04. The van der Waals surface area contributed by atoms with Crippen molar-refractivity contribution in [2.75, 3.05) is 7.11 Å². The fraction of sp³-hybridized carbons (Fsp3) is 0.133. The zero-order valence-corrected chi connectivity index (χ0v) is 11.8. The van der Waals surface area contributed by atoms with Crippen molar-refractivity contribution < 1.29 is 9.53 Å². The first-order chi connectivity index (χ1) is 9.76. The van der Waals surface area contributed by atoms with Gasteiger partial charge in [-0.25, -0.2) is 0 Å². The molecule has 0 fully saturated rings. The van der Waals surface area contributed by atoms with Gasteiger partial charge in [0, 0.05) is 15.8 Å². The number of ether oxygens (including phenoxy) is 1. The summed E-state index contributed by atoms with van der Waals surface area (Å²) in [6, 6.07) is 11.5. The molecule has 0 bridgehead atoms. The highest BCUT2D eigenvalue weighted by Gasteiger charge is 2.09. The standard InChI is InChI=1S/C15H14N2O2S/c1-19-11-4-5-13-10(7-11)8-14(17-13)15(18)16-9-12-3-2-6-20-12/h2-8,17H,9H2,1H3,(H,16,18). The van der Waals surface area contributed by atoms with Gasteiger partial charge < -0.3 is 15.0 Å². The van der Waals surface area contributed by atoms with Crippen LogP contribution < -0.4 is 10.1 Å². The van der Waals surface area contributed by atoms with E-state index in [4.69, 9.17) is 4.74 Å². The molecule has 20 heavy (non-hydrogen) atoms. The van der Waals surface area contributed by atoms with Gasteiger partial charge in [-0.15, -0.1) is 11.3 Å². The number of nitrogens with one attached hydrogen (secondary N) is 2. The van der Waals surface area contributed by atoms with Gasteiger partial charge in [0.05, 0.1) is 13.7 Å². The first-order valence-corrected chi connectivity index (χ1v) is 7.11. The Kier molecular flexibility index (Phi) is 3.43. The van der Waals surface area contributed by atoms with Crippen molar-refractivity contribution in [1.29, 1.82) is 0 Å². The summed E-state index contributed by atoms with van der Waals surface area (Å²) in [5, 5.41) is 5.86. The van der Waals surface area contributed by atoms with Crippen LogP contribution in [0.2, 0.25) is 0 Å². The first-order valence-electron chi connectivity index (χ1n) is 6.23. The molecule has 1 amide bonds. The van der Waals surface area contributed by atoms with Gasteiger partial charge in [0.2, 0.25) is 0 Å². The number of aromatic nitrogens is 1. The lowest BCUT2D eigenvalue weighted by atomic mass is 10.2. The smallest absolute Gasteiger partial charge is 0.268 e. The molecule has 2 heterocycles. The summed E-state index contributed by atoms with van der Waals surface area (Å²) in [5.41, 5.74) is 1.48. The summed E-state index contributed by atoms with van der Waals surface area (Å²) in [6.45, 7) is 0.551. The molecule has 0 unspecified atom stereocenters. The lowest BCUT2D eigenvalue weighted by Gasteiger charge is -2.00. The molecule has 3 rings (SSSR count). The van der Waals surface area contributed by atoms with Gasteiger partial charge >= 0.3 is 0 Å². The number of aromatic amines is 1. The van der Waals surface area contributed by atoms with Crippen molar-refractivity contribution in [3.05, 3.63) is 52.3 Å². The Morgan fingerprint density at radius 3 is 3.00 bits per heavy atom. The van der Waals surface area contributed by atoms with Crippen molar-refractivity contribution in [2.45, 2.75) is 6.54 Å². The zero-order chi connectivity index (χ0) is 13.9. The van der Waals surface area contributed by atoms with Crippen LogP contribution in [0, 0.1) is 0 Å². The van der Waals surface area contributed by atoms with Crippen LogP contribution in [0.15, 0.2) is 41.8 Å². The normalized spacial score (nSPS) is 10.7. The number of amides is 1. The van der Waals surface area contributed by atoms with E-state index in [-0.39, 0.29) is 5.91 Å². The molecular formula is C15H14N2O2S. The number of H-pyrrole nitrogens is 1. The summed E-state index contributed by atoms with van der Waals surface area (Å²) in [4.78, 5) is 16.3. The van der Waals surface area contributed by atoms with E-state index in [0.717, 1.165) is 21.5 Å². The number of hydrogen-bond acceptors (Lipinski definition) is 3. The van der Waals surface area contributed by atoms with E-state index >= 15 is 0 Å². The molecule has 0 spiro atoms. The zero-order valence-electron chi connectivity index (χ0n) is 11.0. The topological polar surface area (TPSA) is 54.1 Å². The molecule has 4 nitrogen and oxygen atoms in total. The van der Waals surface area contributed by atoms with Crippen molar-refractivity contribution in [3.8, 4) is 5.75 Å². The van der Waals surface area contributed by atoms with Crippen LogP contribution >= 0.6 is 11.3 Å².